The van der Waals surface area contributed by atoms with Gasteiger partial charge in [0.2, 0.25) is 0 Å². The number of rotatable bonds is 2. The monoisotopic (exact) mass is 266 g/mol. The van der Waals surface area contributed by atoms with E-state index in [1.54, 1.807) is 0 Å². The highest BCUT2D eigenvalue weighted by Gasteiger charge is 2.17. The average molecular weight is 266 g/mol. The van der Waals surface area contributed by atoms with Crippen LogP contribution >= 0.6 is 0 Å². The summed E-state index contributed by atoms with van der Waals surface area (Å²) in [5, 5.41) is 3.40. The first kappa shape index (κ1) is 12.5. The first-order chi connectivity index (χ1) is 9.72. The molecule has 4 heteroatoms. The molecule has 0 fully saturated rings. The summed E-state index contributed by atoms with van der Waals surface area (Å²) >= 11 is 0. The molecule has 2 aromatic rings. The fraction of sp³-hybridized carbons (Fsp3) is 0.188. The van der Waals surface area contributed by atoms with Gasteiger partial charge in [-0.2, -0.15) is 0 Å². The predicted octanol–water partition coefficient (Wildman–Crippen LogP) is 1.98. The maximum Gasteiger partial charge on any atom is 0.128 e. The maximum absolute atomic E-state index is 5.71. The van der Waals surface area contributed by atoms with Crippen LogP contribution in [0.25, 0.3) is 0 Å². The largest absolute Gasteiger partial charge is 0.399 e. The van der Waals surface area contributed by atoms with Gasteiger partial charge in [-0.3, -0.25) is 4.99 Å². The number of benzene rings is 2. The van der Waals surface area contributed by atoms with Crippen molar-refractivity contribution in [1.29, 1.82) is 0 Å². The standard InChI is InChI=1S/C16H18N4/c17-14-5-1-11(2-6-14)13-9-19-16(20-10-13)12-3-7-15(18)8-4-12/h1-8,13H,9-10,17-18H2,(H,19,20). The number of nitrogens with one attached hydrogen (secondary N) is 1. The molecule has 1 heterocycles. The van der Waals surface area contributed by atoms with Crippen LogP contribution in [0.3, 0.4) is 0 Å². The van der Waals surface area contributed by atoms with Crippen LogP contribution in [0, 0.1) is 0 Å². The Balaban J connectivity index is 1.74. The quantitative estimate of drug-likeness (QED) is 0.727. The van der Waals surface area contributed by atoms with Crippen LogP contribution in [0.5, 0.6) is 0 Å². The molecule has 1 atom stereocenters. The molecule has 0 spiro atoms. The van der Waals surface area contributed by atoms with Crippen molar-refractivity contribution in [1.82, 2.24) is 5.32 Å². The van der Waals surface area contributed by atoms with E-state index < -0.39 is 0 Å². The Hall–Kier alpha value is -2.49. The van der Waals surface area contributed by atoms with Crippen LogP contribution in [0.2, 0.25) is 0 Å². The summed E-state index contributed by atoms with van der Waals surface area (Å²) in [4.78, 5) is 4.64. The maximum atomic E-state index is 5.71. The molecule has 0 aliphatic carbocycles. The highest BCUT2D eigenvalue weighted by Crippen LogP contribution is 2.20. The molecule has 0 radical (unpaired) electrons. The van der Waals surface area contributed by atoms with Gasteiger partial charge in [-0.25, -0.2) is 0 Å². The lowest BCUT2D eigenvalue weighted by molar-refractivity contribution is 0.639. The van der Waals surface area contributed by atoms with Gasteiger partial charge in [-0.15, -0.1) is 0 Å². The van der Waals surface area contributed by atoms with Crippen molar-refractivity contribution in [2.45, 2.75) is 5.92 Å². The van der Waals surface area contributed by atoms with E-state index in [1.165, 1.54) is 5.56 Å². The van der Waals surface area contributed by atoms with Crippen molar-refractivity contribution in [3.05, 3.63) is 59.7 Å². The number of anilines is 2. The molecular formula is C16H18N4. The molecule has 0 saturated heterocycles. The fourth-order valence-electron chi connectivity index (χ4n) is 2.37. The van der Waals surface area contributed by atoms with Crippen molar-refractivity contribution >= 4 is 17.2 Å². The van der Waals surface area contributed by atoms with Gasteiger partial charge in [0, 0.05) is 35.9 Å². The van der Waals surface area contributed by atoms with Gasteiger partial charge in [-0.05, 0) is 42.0 Å². The summed E-state index contributed by atoms with van der Waals surface area (Å²) in [7, 11) is 0. The van der Waals surface area contributed by atoms with Crippen molar-refractivity contribution in [2.75, 3.05) is 24.6 Å². The average Bonchev–Trinajstić information content (AvgIpc) is 2.49. The summed E-state index contributed by atoms with van der Waals surface area (Å²) in [6, 6.07) is 15.8. The minimum absolute atomic E-state index is 0.396. The lowest BCUT2D eigenvalue weighted by Gasteiger charge is -2.23. The molecule has 1 aliphatic heterocycles. The van der Waals surface area contributed by atoms with Gasteiger partial charge >= 0.3 is 0 Å². The van der Waals surface area contributed by atoms with Gasteiger partial charge in [0.1, 0.15) is 5.84 Å². The Bertz CT molecular complexity index is 614. The van der Waals surface area contributed by atoms with Crippen LogP contribution in [-0.4, -0.2) is 18.9 Å². The Labute approximate surface area is 118 Å². The first-order valence-corrected chi connectivity index (χ1v) is 6.72. The molecule has 3 rings (SSSR count). The minimum Gasteiger partial charge on any atom is -0.399 e. The second-order valence-electron chi connectivity index (χ2n) is 5.06. The third-order valence-electron chi connectivity index (χ3n) is 3.58. The lowest BCUT2D eigenvalue weighted by Crippen LogP contribution is -2.35. The third kappa shape index (κ3) is 2.59. The van der Waals surface area contributed by atoms with Crippen molar-refractivity contribution in [3.63, 3.8) is 0 Å². The second-order valence-corrected chi connectivity index (χ2v) is 5.06. The smallest absolute Gasteiger partial charge is 0.128 e. The highest BCUT2D eigenvalue weighted by molar-refractivity contribution is 5.99. The van der Waals surface area contributed by atoms with E-state index in [0.29, 0.717) is 5.92 Å². The topological polar surface area (TPSA) is 76.4 Å². The molecular weight excluding hydrogens is 248 g/mol. The summed E-state index contributed by atoms with van der Waals surface area (Å²) < 4.78 is 0. The number of hydrogen-bond donors (Lipinski definition) is 3. The zero-order valence-corrected chi connectivity index (χ0v) is 11.2. The predicted molar refractivity (Wildman–Crippen MR) is 83.9 cm³/mol. The Morgan fingerprint density at radius 2 is 1.50 bits per heavy atom. The summed E-state index contributed by atoms with van der Waals surface area (Å²) in [6.07, 6.45) is 0. The molecule has 4 nitrogen and oxygen atoms in total. The number of nitrogen functional groups attached to an aromatic ring is 2. The molecule has 5 N–H and O–H groups in total. The van der Waals surface area contributed by atoms with Crippen LogP contribution < -0.4 is 16.8 Å². The molecule has 2 aromatic carbocycles. The number of nitrogens with zero attached hydrogens (tertiary/aromatic N) is 1. The van der Waals surface area contributed by atoms with E-state index in [1.807, 2.05) is 36.4 Å². The van der Waals surface area contributed by atoms with E-state index in [-0.39, 0.29) is 0 Å². The zero-order chi connectivity index (χ0) is 13.9. The van der Waals surface area contributed by atoms with E-state index >= 15 is 0 Å². The van der Waals surface area contributed by atoms with E-state index in [2.05, 4.69) is 22.4 Å². The van der Waals surface area contributed by atoms with Crippen LogP contribution in [0.4, 0.5) is 11.4 Å². The molecule has 0 amide bonds. The summed E-state index contributed by atoms with van der Waals surface area (Å²) in [6.45, 7) is 1.67. The summed E-state index contributed by atoms with van der Waals surface area (Å²) in [5.74, 6) is 1.34. The van der Waals surface area contributed by atoms with Crippen molar-refractivity contribution in [3.8, 4) is 0 Å². The molecule has 0 aromatic heterocycles. The number of amidine groups is 1. The number of aliphatic imine (C=N–C) groups is 1. The summed E-state index contributed by atoms with van der Waals surface area (Å²) in [5.41, 5.74) is 15.3. The third-order valence-corrected chi connectivity index (χ3v) is 3.58. The van der Waals surface area contributed by atoms with Gasteiger partial charge < -0.3 is 16.8 Å². The number of nitrogens with two attached hydrogens (primary N) is 2. The van der Waals surface area contributed by atoms with Crippen LogP contribution in [-0.2, 0) is 0 Å². The fourth-order valence-corrected chi connectivity index (χ4v) is 2.37. The van der Waals surface area contributed by atoms with Crippen LogP contribution in [0.15, 0.2) is 53.5 Å². The van der Waals surface area contributed by atoms with Crippen molar-refractivity contribution < 1.29 is 0 Å². The SMILES string of the molecule is Nc1ccc(C2=NCC(c3ccc(N)cc3)CN2)cc1. The van der Waals surface area contributed by atoms with E-state index in [0.717, 1.165) is 35.9 Å². The Kier molecular flexibility index (Phi) is 3.29. The Morgan fingerprint density at radius 3 is 2.05 bits per heavy atom. The molecule has 1 unspecified atom stereocenters. The Morgan fingerprint density at radius 1 is 0.900 bits per heavy atom. The minimum atomic E-state index is 0.396. The van der Waals surface area contributed by atoms with Gasteiger partial charge in [0.05, 0.1) is 0 Å². The van der Waals surface area contributed by atoms with Gasteiger partial charge in [0.25, 0.3) is 0 Å². The molecule has 1 aliphatic rings. The van der Waals surface area contributed by atoms with E-state index in [9.17, 15) is 0 Å². The second kappa shape index (κ2) is 5.25. The van der Waals surface area contributed by atoms with Gasteiger partial charge in [0.15, 0.2) is 0 Å². The van der Waals surface area contributed by atoms with Crippen LogP contribution in [0.1, 0.15) is 17.0 Å². The van der Waals surface area contributed by atoms with Gasteiger partial charge in [-0.1, -0.05) is 12.1 Å². The lowest BCUT2D eigenvalue weighted by atomic mass is 9.97. The molecule has 20 heavy (non-hydrogen) atoms. The molecule has 0 saturated carbocycles. The first-order valence-electron chi connectivity index (χ1n) is 6.72. The van der Waals surface area contributed by atoms with E-state index in [4.69, 9.17) is 11.5 Å². The van der Waals surface area contributed by atoms with Crippen molar-refractivity contribution in [2.24, 2.45) is 4.99 Å². The number of hydrogen-bond acceptors (Lipinski definition) is 4. The molecule has 102 valence electrons. The molecule has 0 bridgehead atoms. The normalized spacial score (nSPS) is 18.2. The highest BCUT2D eigenvalue weighted by atomic mass is 15.0. The zero-order valence-electron chi connectivity index (χ0n) is 11.2.